The summed E-state index contributed by atoms with van der Waals surface area (Å²) in [5, 5.41) is 32.1. The lowest BCUT2D eigenvalue weighted by Gasteiger charge is -2.16. The minimum atomic E-state index is -1.30. The molecular weight excluding hydrogens is 472 g/mol. The summed E-state index contributed by atoms with van der Waals surface area (Å²) < 4.78 is 7.02. The van der Waals surface area contributed by atoms with Gasteiger partial charge < -0.3 is 25.4 Å². The molecule has 4 atom stereocenters. The molecule has 13 heteroatoms. The maximum atomic E-state index is 11.4. The van der Waals surface area contributed by atoms with E-state index in [4.69, 9.17) is 14.4 Å². The summed E-state index contributed by atoms with van der Waals surface area (Å²) in [5.74, 6) is 6.15. The molecule has 1 aliphatic heterocycles. The topological polar surface area (TPSA) is 181 Å². The molecule has 0 spiro atoms. The highest BCUT2D eigenvalue weighted by atomic mass is 16.6. The number of fused-ring (bicyclic) bond motifs is 1. The van der Waals surface area contributed by atoms with Crippen LogP contribution in [0, 0.1) is 11.8 Å². The number of aliphatic hydroxyl groups excluding tert-OH is 3. The third-order valence-electron chi connectivity index (χ3n) is 5.14. The van der Waals surface area contributed by atoms with Gasteiger partial charge in [-0.05, 0) is 25.0 Å². The number of benzene rings is 1. The first-order valence-corrected chi connectivity index (χ1v) is 10.7. The zero-order valence-corrected chi connectivity index (χ0v) is 19.7. The molecule has 190 valence electrons. The summed E-state index contributed by atoms with van der Waals surface area (Å²) in [6.45, 7) is 1.04. The molecule has 4 rings (SSSR count). The van der Waals surface area contributed by atoms with Crippen LogP contribution in [0.4, 0.5) is 5.82 Å². The van der Waals surface area contributed by atoms with Crippen molar-refractivity contribution in [3.8, 4) is 11.8 Å². The van der Waals surface area contributed by atoms with Crippen molar-refractivity contribution in [2.75, 3.05) is 26.2 Å². The van der Waals surface area contributed by atoms with Gasteiger partial charge in [-0.25, -0.2) is 15.4 Å². The number of ketones is 1. The van der Waals surface area contributed by atoms with Crippen LogP contribution in [0.3, 0.4) is 0 Å². The van der Waals surface area contributed by atoms with Crippen LogP contribution in [-0.4, -0.2) is 86.1 Å². The van der Waals surface area contributed by atoms with Gasteiger partial charge in [0.2, 0.25) is 12.2 Å². The number of amides is 1. The van der Waals surface area contributed by atoms with Crippen molar-refractivity contribution in [3.63, 3.8) is 0 Å². The van der Waals surface area contributed by atoms with Crippen LogP contribution in [0.15, 0.2) is 30.6 Å². The fourth-order valence-electron chi connectivity index (χ4n) is 3.35. The fraction of sp³-hybridized carbons (Fsp3) is 0.348. The highest BCUT2D eigenvalue weighted by molar-refractivity contribution is 5.94. The highest BCUT2D eigenvalue weighted by Crippen LogP contribution is 2.32. The number of rotatable bonds is 6. The molecule has 36 heavy (non-hydrogen) atoms. The van der Waals surface area contributed by atoms with Gasteiger partial charge in [-0.2, -0.15) is 4.98 Å². The zero-order chi connectivity index (χ0) is 26.2. The summed E-state index contributed by atoms with van der Waals surface area (Å²) in [4.78, 5) is 38.4. The summed E-state index contributed by atoms with van der Waals surface area (Å²) in [5.41, 5.74) is 4.49. The predicted octanol–water partition coefficient (Wildman–Crippen LogP) is -0.624. The maximum absolute atomic E-state index is 11.4. The van der Waals surface area contributed by atoms with Crippen molar-refractivity contribution >= 4 is 29.2 Å². The number of hydrogen-bond donors (Lipinski definition) is 5. The van der Waals surface area contributed by atoms with E-state index in [1.807, 2.05) is 0 Å². The van der Waals surface area contributed by atoms with Gasteiger partial charge >= 0.3 is 0 Å². The minimum Gasteiger partial charge on any atom is -0.394 e. The van der Waals surface area contributed by atoms with Gasteiger partial charge in [0.15, 0.2) is 29.0 Å². The predicted molar refractivity (Wildman–Crippen MR) is 127 cm³/mol. The quantitative estimate of drug-likeness (QED) is 0.126. The molecule has 3 aromatic rings. The lowest BCUT2D eigenvalue weighted by molar-refractivity contribution is -0.109. The van der Waals surface area contributed by atoms with Gasteiger partial charge in [-0.3, -0.25) is 19.0 Å². The SMILES string of the molecule is CNC=O.CONc1nc(C#Cc2ccc(C(C)=O)cc2)nc2c1ncn2[C@@H]1O[C@H](CO)[C@@H](O)[C@H]1O. The first-order chi connectivity index (χ1) is 17.3. The van der Waals surface area contributed by atoms with E-state index in [2.05, 4.69) is 37.6 Å². The number of nitrogens with zero attached hydrogens (tertiary/aromatic N) is 4. The number of aromatic nitrogens is 4. The van der Waals surface area contributed by atoms with Crippen molar-refractivity contribution in [2.45, 2.75) is 31.5 Å². The standard InChI is InChI=1S/C21H21N5O6.C2H5NO/c1-11(28)13-6-3-12(4-7-13)5-8-15-23-19(25-31-2)16-20(24-15)26(10-22-16)21-18(30)17(29)14(9-27)32-21;1-3-2-4/h3-4,6-7,10,14,17-18,21,27,29-30H,9H2,1-2H3,(H,23,24,25);2H,1H3,(H,3,4)/t14-,17-,18-,21-;/m1./s1. The fourth-order valence-corrected chi connectivity index (χ4v) is 3.35. The number of aliphatic hydroxyl groups is 3. The van der Waals surface area contributed by atoms with Gasteiger partial charge in [0.25, 0.3) is 0 Å². The summed E-state index contributed by atoms with van der Waals surface area (Å²) in [6, 6.07) is 6.82. The van der Waals surface area contributed by atoms with Crippen LogP contribution in [0.5, 0.6) is 0 Å². The van der Waals surface area contributed by atoms with E-state index < -0.39 is 31.1 Å². The van der Waals surface area contributed by atoms with E-state index in [0.29, 0.717) is 23.1 Å². The average Bonchev–Trinajstić information content (AvgIpc) is 3.43. The number of carbonyl (C=O) groups is 2. The van der Waals surface area contributed by atoms with Gasteiger partial charge in [0, 0.05) is 18.2 Å². The Hall–Kier alpha value is -3.93. The third kappa shape index (κ3) is 5.82. The van der Waals surface area contributed by atoms with Crippen molar-refractivity contribution in [3.05, 3.63) is 47.5 Å². The highest BCUT2D eigenvalue weighted by Gasteiger charge is 2.44. The van der Waals surface area contributed by atoms with E-state index in [-0.39, 0.29) is 23.1 Å². The molecule has 0 saturated carbocycles. The van der Waals surface area contributed by atoms with Crippen LogP contribution in [0.1, 0.15) is 34.9 Å². The second-order valence-electron chi connectivity index (χ2n) is 7.54. The Labute approximate surface area is 206 Å². The Morgan fingerprint density at radius 2 is 1.92 bits per heavy atom. The van der Waals surface area contributed by atoms with Crippen LogP contribution >= 0.6 is 0 Å². The Morgan fingerprint density at radius 1 is 1.22 bits per heavy atom. The number of carbonyl (C=O) groups excluding carboxylic acids is 2. The maximum Gasteiger partial charge on any atom is 0.209 e. The molecule has 1 aliphatic rings. The Bertz CT molecular complexity index is 1270. The number of anilines is 1. The molecule has 1 aromatic carbocycles. The Kier molecular flexibility index (Phi) is 9.01. The van der Waals surface area contributed by atoms with E-state index in [9.17, 15) is 20.1 Å². The number of hydrogen-bond acceptors (Lipinski definition) is 11. The van der Waals surface area contributed by atoms with Gasteiger partial charge in [-0.15, -0.1) is 0 Å². The van der Waals surface area contributed by atoms with Crippen LogP contribution in [-0.2, 0) is 14.4 Å². The molecular formula is C23H26N6O7. The van der Waals surface area contributed by atoms with E-state index in [0.717, 1.165) is 0 Å². The molecule has 0 unspecified atom stereocenters. The second-order valence-corrected chi connectivity index (χ2v) is 7.54. The van der Waals surface area contributed by atoms with Gasteiger partial charge in [0.05, 0.1) is 20.0 Å². The molecule has 0 aliphatic carbocycles. The van der Waals surface area contributed by atoms with Crippen molar-refractivity contribution in [1.82, 2.24) is 24.8 Å². The molecule has 3 heterocycles. The first-order valence-electron chi connectivity index (χ1n) is 10.7. The monoisotopic (exact) mass is 498 g/mol. The van der Waals surface area contributed by atoms with Crippen LogP contribution in [0.25, 0.3) is 11.2 Å². The van der Waals surface area contributed by atoms with E-state index in [1.165, 1.54) is 24.9 Å². The second kappa shape index (κ2) is 12.2. The number of imidazole rings is 1. The first kappa shape index (κ1) is 26.7. The van der Waals surface area contributed by atoms with E-state index >= 15 is 0 Å². The molecule has 1 fully saturated rings. The molecule has 1 saturated heterocycles. The number of nitrogens with one attached hydrogen (secondary N) is 2. The van der Waals surface area contributed by atoms with Crippen molar-refractivity contribution in [1.29, 1.82) is 0 Å². The summed E-state index contributed by atoms with van der Waals surface area (Å²) in [7, 11) is 2.98. The normalized spacial score (nSPS) is 20.6. The summed E-state index contributed by atoms with van der Waals surface area (Å²) in [6.07, 6.45) is -2.51. The molecule has 1 amide bonds. The van der Waals surface area contributed by atoms with Crippen LogP contribution in [0.2, 0.25) is 0 Å². The lowest BCUT2D eigenvalue weighted by Crippen LogP contribution is -2.33. The average molecular weight is 498 g/mol. The number of Topliss-reactive ketones (excluding diaryl/α,β-unsaturated/α-hetero) is 1. The molecule has 13 nitrogen and oxygen atoms in total. The van der Waals surface area contributed by atoms with Crippen molar-refractivity contribution in [2.24, 2.45) is 0 Å². The Balaban J connectivity index is 0.000000840. The zero-order valence-electron chi connectivity index (χ0n) is 19.7. The third-order valence-corrected chi connectivity index (χ3v) is 5.14. The molecule has 0 bridgehead atoms. The van der Waals surface area contributed by atoms with Crippen LogP contribution < -0.4 is 10.8 Å². The minimum absolute atomic E-state index is 0.0355. The smallest absolute Gasteiger partial charge is 0.209 e. The van der Waals surface area contributed by atoms with Crippen molar-refractivity contribution < 1.29 is 34.5 Å². The lowest BCUT2D eigenvalue weighted by atomic mass is 10.1. The van der Waals surface area contributed by atoms with Gasteiger partial charge in [0.1, 0.15) is 18.3 Å². The largest absolute Gasteiger partial charge is 0.394 e. The molecule has 0 radical (unpaired) electrons. The Morgan fingerprint density at radius 3 is 2.47 bits per heavy atom. The summed E-state index contributed by atoms with van der Waals surface area (Å²) >= 11 is 0. The molecule has 2 aromatic heterocycles. The number of ether oxygens (including phenoxy) is 1. The molecule has 5 N–H and O–H groups in total. The van der Waals surface area contributed by atoms with E-state index in [1.54, 1.807) is 31.3 Å². The van der Waals surface area contributed by atoms with Gasteiger partial charge in [-0.1, -0.05) is 18.1 Å².